The molecule has 0 saturated heterocycles. The highest BCUT2D eigenvalue weighted by atomic mass is 16.5. The molecular formula is C22H34N6O2. The maximum Gasteiger partial charge on any atom is 0.228 e. The molecule has 1 aliphatic carbocycles. The number of hydrogen-bond acceptors (Lipinski definition) is 8. The van der Waals surface area contributed by atoms with E-state index < -0.39 is 0 Å². The van der Waals surface area contributed by atoms with E-state index >= 15 is 0 Å². The Balaban J connectivity index is 1.55. The second kappa shape index (κ2) is 13.1. The van der Waals surface area contributed by atoms with Crippen molar-refractivity contribution in [2.24, 2.45) is 5.73 Å². The molecule has 1 aliphatic rings. The maximum atomic E-state index is 5.57. The summed E-state index contributed by atoms with van der Waals surface area (Å²) in [7, 11) is 0. The summed E-state index contributed by atoms with van der Waals surface area (Å²) in [5.74, 6) is 2.52. The van der Waals surface area contributed by atoms with E-state index in [4.69, 9.17) is 25.2 Å². The second-order valence-electron chi connectivity index (χ2n) is 7.46. The predicted octanol–water partition coefficient (Wildman–Crippen LogP) is 2.94. The van der Waals surface area contributed by atoms with Crippen molar-refractivity contribution in [1.29, 1.82) is 0 Å². The van der Waals surface area contributed by atoms with Crippen LogP contribution in [0.1, 0.15) is 49.4 Å². The number of benzene rings is 1. The van der Waals surface area contributed by atoms with E-state index in [1.54, 1.807) is 0 Å². The van der Waals surface area contributed by atoms with Gasteiger partial charge in [0.1, 0.15) is 5.82 Å². The van der Waals surface area contributed by atoms with E-state index in [1.165, 1.54) is 24.8 Å². The van der Waals surface area contributed by atoms with Gasteiger partial charge < -0.3 is 25.8 Å². The van der Waals surface area contributed by atoms with Crippen LogP contribution in [0.15, 0.2) is 30.3 Å². The fourth-order valence-corrected chi connectivity index (χ4v) is 3.51. The average molecular weight is 415 g/mol. The van der Waals surface area contributed by atoms with Crippen molar-refractivity contribution >= 4 is 11.9 Å². The number of nitrogens with one attached hydrogen (secondary N) is 2. The second-order valence-corrected chi connectivity index (χ2v) is 7.46. The number of ether oxygens (including phenoxy) is 2. The highest BCUT2D eigenvalue weighted by Crippen LogP contribution is 2.31. The monoisotopic (exact) mass is 414 g/mol. The van der Waals surface area contributed by atoms with Gasteiger partial charge in [0.15, 0.2) is 0 Å². The molecule has 1 aromatic heterocycles. The fraction of sp³-hybridized carbons (Fsp3) is 0.591. The van der Waals surface area contributed by atoms with Gasteiger partial charge in [-0.2, -0.15) is 15.0 Å². The summed E-state index contributed by atoms with van der Waals surface area (Å²) < 4.78 is 10.9. The van der Waals surface area contributed by atoms with E-state index in [0.29, 0.717) is 63.9 Å². The Morgan fingerprint density at radius 1 is 0.833 bits per heavy atom. The Bertz CT molecular complexity index is 725. The minimum atomic E-state index is 0.413. The summed E-state index contributed by atoms with van der Waals surface area (Å²) in [4.78, 5) is 14.0. The molecule has 0 aliphatic heterocycles. The molecule has 2 aromatic rings. The molecule has 0 atom stereocenters. The van der Waals surface area contributed by atoms with E-state index in [0.717, 1.165) is 18.7 Å². The fourth-order valence-electron chi connectivity index (χ4n) is 3.51. The van der Waals surface area contributed by atoms with Crippen LogP contribution < -0.4 is 16.4 Å². The van der Waals surface area contributed by atoms with Crippen LogP contribution in [0.3, 0.4) is 0 Å². The van der Waals surface area contributed by atoms with Crippen molar-refractivity contribution in [3.63, 3.8) is 0 Å². The topological polar surface area (TPSA) is 107 Å². The molecular weight excluding hydrogens is 380 g/mol. The molecule has 4 N–H and O–H groups in total. The Kier molecular flexibility index (Phi) is 9.78. The summed E-state index contributed by atoms with van der Waals surface area (Å²) >= 11 is 0. The first-order chi connectivity index (χ1) is 14.8. The molecule has 8 heteroatoms. The number of rotatable bonds is 13. The zero-order valence-electron chi connectivity index (χ0n) is 17.7. The molecule has 164 valence electrons. The van der Waals surface area contributed by atoms with E-state index in [2.05, 4.69) is 27.8 Å². The third-order valence-electron chi connectivity index (χ3n) is 5.08. The quantitative estimate of drug-likeness (QED) is 0.430. The third kappa shape index (κ3) is 7.85. The number of nitrogens with zero attached hydrogens (tertiary/aromatic N) is 3. The summed E-state index contributed by atoms with van der Waals surface area (Å²) in [5.41, 5.74) is 6.58. The Labute approximate surface area is 179 Å². The van der Waals surface area contributed by atoms with Crippen LogP contribution in [0, 0.1) is 0 Å². The molecule has 0 bridgehead atoms. The molecule has 8 nitrogen and oxygen atoms in total. The average Bonchev–Trinajstić information content (AvgIpc) is 2.80. The molecule has 0 radical (unpaired) electrons. The van der Waals surface area contributed by atoms with Crippen LogP contribution in [0.4, 0.5) is 11.9 Å². The van der Waals surface area contributed by atoms with Gasteiger partial charge >= 0.3 is 0 Å². The SMILES string of the molecule is NCCOCCOCCNc1nc(NCc2ccccc2)nc(C2CCCCC2)n1. The summed E-state index contributed by atoms with van der Waals surface area (Å²) in [6.07, 6.45) is 6.08. The normalized spacial score (nSPS) is 14.6. The first kappa shape index (κ1) is 22.4. The minimum absolute atomic E-state index is 0.413. The molecule has 0 unspecified atom stereocenters. The number of nitrogens with two attached hydrogens (primary N) is 1. The minimum Gasteiger partial charge on any atom is -0.378 e. The lowest BCUT2D eigenvalue weighted by Crippen LogP contribution is -2.18. The first-order valence-corrected chi connectivity index (χ1v) is 11.0. The molecule has 1 heterocycles. The van der Waals surface area contributed by atoms with Gasteiger partial charge in [-0.05, 0) is 18.4 Å². The third-order valence-corrected chi connectivity index (χ3v) is 5.08. The predicted molar refractivity (Wildman–Crippen MR) is 119 cm³/mol. The standard InChI is InChI=1S/C22H34N6O2/c23-11-13-29-15-16-30-14-12-24-21-26-20(19-9-5-2-6-10-19)27-22(28-21)25-17-18-7-3-1-4-8-18/h1,3-4,7-8,19H,2,5-6,9-17,23H2,(H2,24,25,26,27,28). The zero-order chi connectivity index (χ0) is 20.9. The van der Waals surface area contributed by atoms with Crippen molar-refractivity contribution in [1.82, 2.24) is 15.0 Å². The van der Waals surface area contributed by atoms with Gasteiger partial charge in [-0.25, -0.2) is 0 Å². The Morgan fingerprint density at radius 3 is 2.27 bits per heavy atom. The molecule has 3 rings (SSSR count). The molecule has 1 aromatic carbocycles. The van der Waals surface area contributed by atoms with E-state index in [9.17, 15) is 0 Å². The molecule has 30 heavy (non-hydrogen) atoms. The van der Waals surface area contributed by atoms with Crippen molar-refractivity contribution in [3.05, 3.63) is 41.7 Å². The highest BCUT2D eigenvalue weighted by Gasteiger charge is 2.20. The Morgan fingerprint density at radius 2 is 1.53 bits per heavy atom. The largest absolute Gasteiger partial charge is 0.378 e. The summed E-state index contributed by atoms with van der Waals surface area (Å²) in [5, 5.41) is 6.63. The zero-order valence-corrected chi connectivity index (χ0v) is 17.7. The van der Waals surface area contributed by atoms with Gasteiger partial charge in [0.2, 0.25) is 11.9 Å². The smallest absolute Gasteiger partial charge is 0.228 e. The van der Waals surface area contributed by atoms with Crippen molar-refractivity contribution in [2.75, 3.05) is 50.2 Å². The molecule has 1 fully saturated rings. The van der Waals surface area contributed by atoms with Gasteiger partial charge in [-0.1, -0.05) is 49.6 Å². The van der Waals surface area contributed by atoms with Gasteiger partial charge in [0.25, 0.3) is 0 Å². The van der Waals surface area contributed by atoms with Gasteiger partial charge in [0.05, 0.1) is 26.4 Å². The first-order valence-electron chi connectivity index (χ1n) is 11.0. The summed E-state index contributed by atoms with van der Waals surface area (Å²) in [6.45, 7) is 4.07. The van der Waals surface area contributed by atoms with Crippen molar-refractivity contribution in [2.45, 2.75) is 44.6 Å². The van der Waals surface area contributed by atoms with E-state index in [-0.39, 0.29) is 0 Å². The summed E-state index contributed by atoms with van der Waals surface area (Å²) in [6, 6.07) is 10.3. The number of anilines is 2. The van der Waals surface area contributed by atoms with Crippen LogP contribution in [-0.4, -0.2) is 54.5 Å². The molecule has 1 saturated carbocycles. The lowest BCUT2D eigenvalue weighted by molar-refractivity contribution is 0.0547. The van der Waals surface area contributed by atoms with Gasteiger partial charge in [-0.15, -0.1) is 0 Å². The van der Waals surface area contributed by atoms with Crippen LogP contribution >= 0.6 is 0 Å². The van der Waals surface area contributed by atoms with Crippen LogP contribution in [-0.2, 0) is 16.0 Å². The maximum absolute atomic E-state index is 5.57. The lowest BCUT2D eigenvalue weighted by atomic mass is 9.89. The molecule has 0 spiro atoms. The highest BCUT2D eigenvalue weighted by molar-refractivity contribution is 5.36. The Hall–Kier alpha value is -2.29. The van der Waals surface area contributed by atoms with Crippen LogP contribution in [0.2, 0.25) is 0 Å². The lowest BCUT2D eigenvalue weighted by Gasteiger charge is -2.21. The van der Waals surface area contributed by atoms with Crippen LogP contribution in [0.5, 0.6) is 0 Å². The number of aromatic nitrogens is 3. The van der Waals surface area contributed by atoms with Gasteiger partial charge in [-0.3, -0.25) is 0 Å². The van der Waals surface area contributed by atoms with Gasteiger partial charge in [0, 0.05) is 25.6 Å². The van der Waals surface area contributed by atoms with Crippen LogP contribution in [0.25, 0.3) is 0 Å². The van der Waals surface area contributed by atoms with E-state index in [1.807, 2.05) is 18.2 Å². The molecule has 0 amide bonds. The van der Waals surface area contributed by atoms with Crippen molar-refractivity contribution in [3.8, 4) is 0 Å². The van der Waals surface area contributed by atoms with Crippen molar-refractivity contribution < 1.29 is 9.47 Å². The number of hydrogen-bond donors (Lipinski definition) is 3.